The molecule has 0 aliphatic heterocycles. The van der Waals surface area contributed by atoms with Crippen LogP contribution in [0.4, 0.5) is 4.39 Å². The molecule has 0 spiro atoms. The topological polar surface area (TPSA) is 50.2 Å². The maximum Gasteiger partial charge on any atom is 0.224 e. The number of unbranched alkanes of at least 4 members (excludes halogenated alkanes) is 5. The zero-order valence-corrected chi connectivity index (χ0v) is 16.0. The van der Waals surface area contributed by atoms with Crippen LogP contribution < -0.4 is 0 Å². The van der Waals surface area contributed by atoms with Crippen LogP contribution in [0.1, 0.15) is 74.2 Å². The molecule has 0 fully saturated rings. The Morgan fingerprint density at radius 3 is 2.56 bits per heavy atom. The van der Waals surface area contributed by atoms with Gasteiger partial charge in [0.05, 0.1) is 11.3 Å². The van der Waals surface area contributed by atoms with Crippen LogP contribution in [-0.2, 0) is 6.42 Å². The van der Waals surface area contributed by atoms with Gasteiger partial charge in [-0.2, -0.15) is 4.39 Å². The third kappa shape index (κ3) is 4.74. The van der Waals surface area contributed by atoms with Gasteiger partial charge in [0.15, 0.2) is 5.78 Å². The second kappa shape index (κ2) is 9.12. The van der Waals surface area contributed by atoms with Gasteiger partial charge in [-0.3, -0.25) is 4.79 Å². The average Bonchev–Trinajstić information content (AvgIpc) is 2.66. The second-order valence-electron chi connectivity index (χ2n) is 7.54. The van der Waals surface area contributed by atoms with E-state index in [0.717, 1.165) is 36.8 Å². The predicted octanol–water partition coefficient (Wildman–Crippen LogP) is 6.09. The molecule has 1 aromatic heterocycles. The van der Waals surface area contributed by atoms with Crippen LogP contribution in [0.2, 0.25) is 0 Å². The zero-order chi connectivity index (χ0) is 19.2. The number of aromatic nitrogens is 1. The first-order valence-electron chi connectivity index (χ1n) is 10.1. The van der Waals surface area contributed by atoms with Gasteiger partial charge < -0.3 is 5.11 Å². The molecule has 0 radical (unpaired) electrons. The van der Waals surface area contributed by atoms with Crippen molar-refractivity contribution in [3.8, 4) is 17.0 Å². The minimum atomic E-state index is -0.659. The number of nitrogens with zero attached hydrogens (tertiary/aromatic N) is 1. The minimum absolute atomic E-state index is 0.0699. The zero-order valence-electron chi connectivity index (χ0n) is 16.0. The van der Waals surface area contributed by atoms with E-state index in [1.54, 1.807) is 24.3 Å². The molecule has 2 aromatic rings. The summed E-state index contributed by atoms with van der Waals surface area (Å²) in [5, 5.41) is 9.41. The summed E-state index contributed by atoms with van der Waals surface area (Å²) in [4.78, 5) is 16.8. The van der Waals surface area contributed by atoms with Crippen molar-refractivity contribution in [2.24, 2.45) is 5.92 Å². The third-order valence-corrected chi connectivity index (χ3v) is 5.51. The van der Waals surface area contributed by atoms with Crippen molar-refractivity contribution in [2.45, 2.75) is 64.7 Å². The lowest BCUT2D eigenvalue weighted by Gasteiger charge is -2.24. The lowest BCUT2D eigenvalue weighted by atomic mass is 9.80. The summed E-state index contributed by atoms with van der Waals surface area (Å²) in [6.45, 7) is 2.20. The fraction of sp³-hybridized carbons (Fsp3) is 0.478. The maximum absolute atomic E-state index is 14.7. The number of benzene rings is 1. The van der Waals surface area contributed by atoms with Crippen molar-refractivity contribution < 1.29 is 14.3 Å². The van der Waals surface area contributed by atoms with Gasteiger partial charge in [-0.1, -0.05) is 45.4 Å². The van der Waals surface area contributed by atoms with Crippen molar-refractivity contribution in [2.75, 3.05) is 0 Å². The summed E-state index contributed by atoms with van der Waals surface area (Å²) < 4.78 is 14.7. The van der Waals surface area contributed by atoms with E-state index in [0.29, 0.717) is 12.1 Å². The SMILES string of the molecule is CCCCCCCCC1CCc2cc(-c3ccc(O)cc3)nc(F)c2C1=O. The largest absolute Gasteiger partial charge is 0.508 e. The van der Waals surface area contributed by atoms with E-state index in [1.165, 1.54) is 25.7 Å². The highest BCUT2D eigenvalue weighted by atomic mass is 19.1. The molecular weight excluding hydrogens is 341 g/mol. The molecule has 3 nitrogen and oxygen atoms in total. The Bertz CT molecular complexity index is 786. The number of phenols is 1. The Morgan fingerprint density at radius 1 is 1.11 bits per heavy atom. The van der Waals surface area contributed by atoms with E-state index in [1.807, 2.05) is 6.07 Å². The highest BCUT2D eigenvalue weighted by Crippen LogP contribution is 2.33. The van der Waals surface area contributed by atoms with Gasteiger partial charge >= 0.3 is 0 Å². The van der Waals surface area contributed by atoms with Gasteiger partial charge in [0, 0.05) is 11.5 Å². The number of carbonyl (C=O) groups is 1. The maximum atomic E-state index is 14.7. The van der Waals surface area contributed by atoms with E-state index in [4.69, 9.17) is 0 Å². The van der Waals surface area contributed by atoms with Crippen LogP contribution >= 0.6 is 0 Å². The molecule has 0 amide bonds. The molecule has 1 aliphatic carbocycles. The predicted molar refractivity (Wildman–Crippen MR) is 105 cm³/mol. The third-order valence-electron chi connectivity index (χ3n) is 5.51. The molecule has 1 N–H and O–H groups in total. The van der Waals surface area contributed by atoms with Crippen LogP contribution in [0.15, 0.2) is 30.3 Å². The van der Waals surface area contributed by atoms with E-state index in [9.17, 15) is 14.3 Å². The van der Waals surface area contributed by atoms with Gasteiger partial charge in [-0.05, 0) is 55.2 Å². The molecule has 1 unspecified atom stereocenters. The molecule has 1 aliphatic rings. The van der Waals surface area contributed by atoms with Crippen LogP contribution in [0, 0.1) is 11.9 Å². The summed E-state index contributed by atoms with van der Waals surface area (Å²) >= 11 is 0. The molecule has 1 aromatic carbocycles. The quantitative estimate of drug-likeness (QED) is 0.452. The number of hydrogen-bond donors (Lipinski definition) is 1. The number of rotatable bonds is 8. The van der Waals surface area contributed by atoms with Crippen molar-refractivity contribution in [1.29, 1.82) is 0 Å². The van der Waals surface area contributed by atoms with Crippen LogP contribution in [0.25, 0.3) is 11.3 Å². The standard InChI is InChI=1S/C23H28FNO2/c1-2-3-4-5-6-7-8-17-9-10-18-15-20(16-11-13-19(26)14-12-16)25-23(24)21(18)22(17)27/h11-15,17,26H,2-10H2,1H3. The number of Topliss-reactive ketones (excluding diaryl/α,β-unsaturated/α-hetero) is 1. The van der Waals surface area contributed by atoms with Crippen molar-refractivity contribution in [1.82, 2.24) is 4.98 Å². The molecule has 27 heavy (non-hydrogen) atoms. The molecule has 0 saturated carbocycles. The smallest absolute Gasteiger partial charge is 0.224 e. The van der Waals surface area contributed by atoms with Crippen LogP contribution in [0.3, 0.4) is 0 Å². The fourth-order valence-electron chi connectivity index (χ4n) is 3.91. The number of ketones is 1. The number of halogens is 1. The Morgan fingerprint density at radius 2 is 1.81 bits per heavy atom. The first kappa shape index (κ1) is 19.5. The summed E-state index contributed by atoms with van der Waals surface area (Å²) in [6, 6.07) is 8.33. The molecule has 3 rings (SSSR count). The number of hydrogen-bond acceptors (Lipinski definition) is 3. The van der Waals surface area contributed by atoms with Gasteiger partial charge in [0.1, 0.15) is 5.75 Å². The normalized spacial score (nSPS) is 16.4. The second-order valence-corrected chi connectivity index (χ2v) is 7.54. The van der Waals surface area contributed by atoms with E-state index >= 15 is 0 Å². The minimum Gasteiger partial charge on any atom is -0.508 e. The van der Waals surface area contributed by atoms with Gasteiger partial charge in [-0.15, -0.1) is 0 Å². The number of aromatic hydroxyl groups is 1. The fourth-order valence-corrected chi connectivity index (χ4v) is 3.91. The molecular formula is C23H28FNO2. The number of aryl methyl sites for hydroxylation is 1. The Hall–Kier alpha value is -2.23. The highest BCUT2D eigenvalue weighted by molar-refractivity contribution is 6.00. The molecule has 4 heteroatoms. The molecule has 144 valence electrons. The molecule has 0 bridgehead atoms. The molecule has 0 saturated heterocycles. The number of phenolic OH excluding ortho intramolecular Hbond substituents is 1. The highest BCUT2D eigenvalue weighted by Gasteiger charge is 2.31. The van der Waals surface area contributed by atoms with Crippen molar-refractivity contribution >= 4 is 5.78 Å². The lowest BCUT2D eigenvalue weighted by molar-refractivity contribution is 0.0886. The monoisotopic (exact) mass is 369 g/mol. The summed E-state index contributed by atoms with van der Waals surface area (Å²) in [6.07, 6.45) is 9.53. The van der Waals surface area contributed by atoms with Gasteiger partial charge in [0.25, 0.3) is 0 Å². The molecule has 1 atom stereocenters. The number of fused-ring (bicyclic) bond motifs is 1. The van der Waals surface area contributed by atoms with Crippen LogP contribution in [0.5, 0.6) is 5.75 Å². The van der Waals surface area contributed by atoms with E-state index < -0.39 is 5.95 Å². The first-order valence-corrected chi connectivity index (χ1v) is 10.1. The summed E-state index contributed by atoms with van der Waals surface area (Å²) in [5.74, 6) is -0.648. The van der Waals surface area contributed by atoms with E-state index in [-0.39, 0.29) is 23.0 Å². The number of pyridine rings is 1. The Kier molecular flexibility index (Phi) is 6.59. The van der Waals surface area contributed by atoms with Gasteiger partial charge in [-0.25, -0.2) is 4.98 Å². The summed E-state index contributed by atoms with van der Waals surface area (Å²) in [5.41, 5.74) is 2.19. The number of carbonyl (C=O) groups excluding carboxylic acids is 1. The Balaban J connectivity index is 1.68. The summed E-state index contributed by atoms with van der Waals surface area (Å²) in [7, 11) is 0. The first-order chi connectivity index (χ1) is 13.1. The van der Waals surface area contributed by atoms with Crippen LogP contribution in [-0.4, -0.2) is 15.9 Å². The van der Waals surface area contributed by atoms with Crippen molar-refractivity contribution in [3.05, 3.63) is 47.4 Å². The Labute approximate surface area is 160 Å². The van der Waals surface area contributed by atoms with Crippen molar-refractivity contribution in [3.63, 3.8) is 0 Å². The van der Waals surface area contributed by atoms with E-state index in [2.05, 4.69) is 11.9 Å². The average molecular weight is 369 g/mol. The molecule has 1 heterocycles. The van der Waals surface area contributed by atoms with Gasteiger partial charge in [0.2, 0.25) is 5.95 Å². The lowest BCUT2D eigenvalue weighted by Crippen LogP contribution is -2.25.